The highest BCUT2D eigenvalue weighted by molar-refractivity contribution is 5.78. The summed E-state index contributed by atoms with van der Waals surface area (Å²) in [5, 5.41) is 2.81. The predicted octanol–water partition coefficient (Wildman–Crippen LogP) is 4.28. The number of para-hydroxylation sites is 1. The summed E-state index contributed by atoms with van der Waals surface area (Å²) in [5.74, 6) is -0.179. The summed E-state index contributed by atoms with van der Waals surface area (Å²) in [6, 6.07) is 14.8. The SMILES string of the molecule is CN(CCCCNC(=O)Cc1ccc(C(F)(F)F)cc1)c1ccccc1. The molecule has 0 saturated heterocycles. The van der Waals surface area contributed by atoms with Gasteiger partial charge in [-0.15, -0.1) is 0 Å². The quantitative estimate of drug-likeness (QED) is 0.709. The van der Waals surface area contributed by atoms with E-state index in [0.29, 0.717) is 12.1 Å². The highest BCUT2D eigenvalue weighted by Gasteiger charge is 2.29. The molecule has 0 aliphatic rings. The van der Waals surface area contributed by atoms with Crippen molar-refractivity contribution in [3.05, 3.63) is 65.7 Å². The van der Waals surface area contributed by atoms with Gasteiger partial charge in [0.2, 0.25) is 5.91 Å². The van der Waals surface area contributed by atoms with E-state index in [9.17, 15) is 18.0 Å². The van der Waals surface area contributed by atoms with Gasteiger partial charge in [-0.25, -0.2) is 0 Å². The molecular weight excluding hydrogens is 341 g/mol. The van der Waals surface area contributed by atoms with Crippen molar-refractivity contribution in [1.82, 2.24) is 5.32 Å². The largest absolute Gasteiger partial charge is 0.416 e. The highest BCUT2D eigenvalue weighted by atomic mass is 19.4. The minimum Gasteiger partial charge on any atom is -0.375 e. The first-order valence-corrected chi connectivity index (χ1v) is 8.55. The van der Waals surface area contributed by atoms with Gasteiger partial charge in [0.15, 0.2) is 0 Å². The fraction of sp³-hybridized carbons (Fsp3) is 0.350. The number of carbonyl (C=O) groups excluding carboxylic acids is 1. The molecule has 0 aliphatic heterocycles. The molecule has 2 aromatic rings. The van der Waals surface area contributed by atoms with E-state index in [-0.39, 0.29) is 12.3 Å². The first kappa shape index (κ1) is 19.8. The lowest BCUT2D eigenvalue weighted by Gasteiger charge is -2.19. The number of hydrogen-bond acceptors (Lipinski definition) is 2. The topological polar surface area (TPSA) is 32.3 Å². The Morgan fingerprint density at radius 3 is 2.27 bits per heavy atom. The average molecular weight is 364 g/mol. The molecule has 140 valence electrons. The lowest BCUT2D eigenvalue weighted by Crippen LogP contribution is -2.27. The third-order valence-corrected chi connectivity index (χ3v) is 4.09. The van der Waals surface area contributed by atoms with E-state index in [1.807, 2.05) is 37.4 Å². The molecule has 3 nitrogen and oxygen atoms in total. The zero-order valence-corrected chi connectivity index (χ0v) is 14.7. The minimum absolute atomic E-state index is 0.0854. The van der Waals surface area contributed by atoms with E-state index in [2.05, 4.69) is 10.2 Å². The van der Waals surface area contributed by atoms with Crippen LogP contribution in [0.25, 0.3) is 0 Å². The number of benzene rings is 2. The van der Waals surface area contributed by atoms with E-state index in [1.165, 1.54) is 12.1 Å². The van der Waals surface area contributed by atoms with Crippen LogP contribution in [0, 0.1) is 0 Å². The van der Waals surface area contributed by atoms with E-state index in [4.69, 9.17) is 0 Å². The molecular formula is C20H23F3N2O. The van der Waals surface area contributed by atoms with Gasteiger partial charge in [0.1, 0.15) is 0 Å². The van der Waals surface area contributed by atoms with E-state index in [1.54, 1.807) is 0 Å². The molecule has 0 bridgehead atoms. The summed E-state index contributed by atoms with van der Waals surface area (Å²) in [4.78, 5) is 14.0. The summed E-state index contributed by atoms with van der Waals surface area (Å²) in [5.41, 5.74) is 1.02. The molecule has 0 spiro atoms. The van der Waals surface area contributed by atoms with Gasteiger partial charge < -0.3 is 10.2 Å². The third-order valence-electron chi connectivity index (χ3n) is 4.09. The third kappa shape index (κ3) is 6.43. The molecule has 0 fully saturated rings. The second-order valence-electron chi connectivity index (χ2n) is 6.19. The number of halogens is 3. The van der Waals surface area contributed by atoms with Crippen LogP contribution in [0.2, 0.25) is 0 Å². The van der Waals surface area contributed by atoms with Gasteiger partial charge in [-0.1, -0.05) is 30.3 Å². The van der Waals surface area contributed by atoms with Crippen molar-refractivity contribution in [1.29, 1.82) is 0 Å². The number of anilines is 1. The summed E-state index contributed by atoms with van der Waals surface area (Å²) >= 11 is 0. The van der Waals surface area contributed by atoms with Crippen LogP contribution in [0.1, 0.15) is 24.0 Å². The molecule has 2 rings (SSSR count). The van der Waals surface area contributed by atoms with Crippen LogP contribution in [0.4, 0.5) is 18.9 Å². The molecule has 0 aliphatic carbocycles. The van der Waals surface area contributed by atoms with Gasteiger partial charge in [-0.05, 0) is 42.7 Å². The Bertz CT molecular complexity index is 684. The maximum absolute atomic E-state index is 12.5. The number of rotatable bonds is 8. The van der Waals surface area contributed by atoms with Crippen LogP contribution in [0.5, 0.6) is 0 Å². The normalized spacial score (nSPS) is 11.2. The van der Waals surface area contributed by atoms with Gasteiger partial charge in [0.25, 0.3) is 0 Å². The van der Waals surface area contributed by atoms with Crippen molar-refractivity contribution >= 4 is 11.6 Å². The molecule has 1 amide bonds. The van der Waals surface area contributed by atoms with Gasteiger partial charge in [0, 0.05) is 25.8 Å². The average Bonchev–Trinajstić information content (AvgIpc) is 2.61. The molecule has 6 heteroatoms. The van der Waals surface area contributed by atoms with Gasteiger partial charge in [-0.2, -0.15) is 13.2 Å². The molecule has 0 atom stereocenters. The fourth-order valence-corrected chi connectivity index (χ4v) is 2.57. The van der Waals surface area contributed by atoms with Gasteiger partial charge >= 0.3 is 6.18 Å². The predicted molar refractivity (Wildman–Crippen MR) is 97.1 cm³/mol. The van der Waals surface area contributed by atoms with Crippen molar-refractivity contribution in [2.45, 2.75) is 25.4 Å². The lowest BCUT2D eigenvalue weighted by molar-refractivity contribution is -0.137. The number of hydrogen-bond donors (Lipinski definition) is 1. The van der Waals surface area contributed by atoms with Crippen molar-refractivity contribution in [2.75, 3.05) is 25.0 Å². The zero-order valence-electron chi connectivity index (χ0n) is 14.7. The number of alkyl halides is 3. The molecule has 0 unspecified atom stereocenters. The number of amides is 1. The number of nitrogens with one attached hydrogen (secondary N) is 1. The van der Waals surface area contributed by atoms with Crippen LogP contribution in [-0.2, 0) is 17.4 Å². The lowest BCUT2D eigenvalue weighted by atomic mass is 10.1. The van der Waals surface area contributed by atoms with Crippen molar-refractivity contribution in [3.8, 4) is 0 Å². The van der Waals surface area contributed by atoms with Crippen LogP contribution >= 0.6 is 0 Å². The van der Waals surface area contributed by atoms with E-state index >= 15 is 0 Å². The fourth-order valence-electron chi connectivity index (χ4n) is 2.57. The van der Waals surface area contributed by atoms with Gasteiger partial charge in [-0.3, -0.25) is 4.79 Å². The van der Waals surface area contributed by atoms with Crippen LogP contribution in [0.3, 0.4) is 0 Å². The zero-order chi connectivity index (χ0) is 19.0. The second-order valence-corrected chi connectivity index (χ2v) is 6.19. The summed E-state index contributed by atoms with van der Waals surface area (Å²) in [6.07, 6.45) is -2.49. The van der Waals surface area contributed by atoms with Crippen molar-refractivity contribution < 1.29 is 18.0 Å². The standard InChI is InChI=1S/C20H23F3N2O/c1-25(18-7-3-2-4-8-18)14-6-5-13-24-19(26)15-16-9-11-17(12-10-16)20(21,22)23/h2-4,7-12H,5-6,13-15H2,1H3,(H,24,26). The van der Waals surface area contributed by atoms with E-state index < -0.39 is 11.7 Å². The Balaban J connectivity index is 1.64. The highest BCUT2D eigenvalue weighted by Crippen LogP contribution is 2.29. The second kappa shape index (κ2) is 9.27. The number of nitrogens with zero attached hydrogens (tertiary/aromatic N) is 1. The van der Waals surface area contributed by atoms with Gasteiger partial charge in [0.05, 0.1) is 12.0 Å². The first-order chi connectivity index (χ1) is 12.4. The maximum Gasteiger partial charge on any atom is 0.416 e. The summed E-state index contributed by atoms with van der Waals surface area (Å²) < 4.78 is 37.5. The Morgan fingerprint density at radius 2 is 1.65 bits per heavy atom. The Hall–Kier alpha value is -2.50. The smallest absolute Gasteiger partial charge is 0.375 e. The number of carbonyl (C=O) groups is 1. The molecule has 1 N–H and O–H groups in total. The van der Waals surface area contributed by atoms with Crippen LogP contribution in [0.15, 0.2) is 54.6 Å². The minimum atomic E-state index is -4.35. The molecule has 0 heterocycles. The monoisotopic (exact) mass is 364 g/mol. The first-order valence-electron chi connectivity index (χ1n) is 8.55. The molecule has 0 aromatic heterocycles. The Labute approximate surface area is 151 Å². The van der Waals surface area contributed by atoms with Crippen molar-refractivity contribution in [3.63, 3.8) is 0 Å². The Kier molecular flexibility index (Phi) is 7.06. The molecule has 0 saturated carbocycles. The molecule has 2 aromatic carbocycles. The number of unbranched alkanes of at least 4 members (excludes halogenated alkanes) is 1. The van der Waals surface area contributed by atoms with Crippen molar-refractivity contribution in [2.24, 2.45) is 0 Å². The summed E-state index contributed by atoms with van der Waals surface area (Å²) in [6.45, 7) is 1.45. The molecule has 26 heavy (non-hydrogen) atoms. The molecule has 0 radical (unpaired) electrons. The maximum atomic E-state index is 12.5. The van der Waals surface area contributed by atoms with Crippen LogP contribution < -0.4 is 10.2 Å². The Morgan fingerprint density at radius 1 is 1.00 bits per heavy atom. The summed E-state index contributed by atoms with van der Waals surface area (Å²) in [7, 11) is 2.03. The van der Waals surface area contributed by atoms with E-state index in [0.717, 1.165) is 37.2 Å². The van der Waals surface area contributed by atoms with Crippen LogP contribution in [-0.4, -0.2) is 26.0 Å².